The smallest absolute Gasteiger partial charge is 0.138 e. The average Bonchev–Trinajstić information content (AvgIpc) is 2.75. The first kappa shape index (κ1) is 12.4. The molecular weight excluding hydrogens is 256 g/mol. The molecule has 4 nitrogen and oxygen atoms in total. The number of nitrogens with zero attached hydrogens (tertiary/aromatic N) is 4. The summed E-state index contributed by atoms with van der Waals surface area (Å²) in [7, 11) is 0. The zero-order valence-corrected chi connectivity index (χ0v) is 11.1. The molecule has 2 aromatic rings. The molecule has 2 aromatic heterocycles. The van der Waals surface area contributed by atoms with Gasteiger partial charge in [0, 0.05) is 37.0 Å². The number of rotatable bonds is 5. The fourth-order valence-corrected chi connectivity index (χ4v) is 2.14. The van der Waals surface area contributed by atoms with Gasteiger partial charge >= 0.3 is 0 Å². The van der Waals surface area contributed by atoms with Gasteiger partial charge in [-0.05, 0) is 24.2 Å². The van der Waals surface area contributed by atoms with Crippen LogP contribution in [0.2, 0.25) is 4.34 Å². The molecule has 90 valence electrons. The molecule has 0 fully saturated rings. The second-order valence-electron chi connectivity index (χ2n) is 3.65. The molecule has 0 atom stereocenters. The van der Waals surface area contributed by atoms with E-state index in [1.54, 1.807) is 12.4 Å². The van der Waals surface area contributed by atoms with Crippen molar-refractivity contribution in [1.29, 1.82) is 0 Å². The van der Waals surface area contributed by atoms with Gasteiger partial charge in [-0.25, -0.2) is 0 Å². The summed E-state index contributed by atoms with van der Waals surface area (Å²) in [6, 6.07) is 4.03. The van der Waals surface area contributed by atoms with Gasteiger partial charge in [-0.3, -0.25) is 9.88 Å². The molecule has 6 heteroatoms. The highest BCUT2D eigenvalue weighted by molar-refractivity contribution is 7.10. The van der Waals surface area contributed by atoms with Gasteiger partial charge in [0.05, 0.1) is 0 Å². The Bertz CT molecular complexity index is 460. The molecule has 0 aliphatic heterocycles. The van der Waals surface area contributed by atoms with Gasteiger partial charge in [-0.2, -0.15) is 0 Å². The lowest BCUT2D eigenvalue weighted by atomic mass is 10.2. The molecule has 0 spiro atoms. The summed E-state index contributed by atoms with van der Waals surface area (Å²) in [4.78, 5) is 6.27. The van der Waals surface area contributed by atoms with E-state index in [0.717, 1.165) is 25.3 Å². The van der Waals surface area contributed by atoms with Crippen molar-refractivity contribution in [3.8, 4) is 0 Å². The number of aromatic nitrogens is 3. The predicted molar refractivity (Wildman–Crippen MR) is 68.9 cm³/mol. The van der Waals surface area contributed by atoms with E-state index in [0.29, 0.717) is 4.34 Å². The van der Waals surface area contributed by atoms with E-state index in [1.807, 2.05) is 12.1 Å². The van der Waals surface area contributed by atoms with Crippen LogP contribution in [0.4, 0.5) is 0 Å². The second kappa shape index (κ2) is 6.05. The largest absolute Gasteiger partial charge is 0.293 e. The number of hydrogen-bond donors (Lipinski definition) is 0. The number of pyridine rings is 1. The zero-order chi connectivity index (χ0) is 12.1. The Kier molecular flexibility index (Phi) is 4.42. The normalized spacial score (nSPS) is 11.0. The molecule has 2 rings (SSSR count). The van der Waals surface area contributed by atoms with Crippen LogP contribution in [0.5, 0.6) is 0 Å². The molecule has 0 saturated carbocycles. The Labute approximate surface area is 109 Å². The Morgan fingerprint density at radius 3 is 2.65 bits per heavy atom. The second-order valence-corrected chi connectivity index (χ2v) is 5.01. The Balaban J connectivity index is 2.00. The molecule has 0 N–H and O–H groups in total. The molecule has 2 heterocycles. The topological polar surface area (TPSA) is 41.9 Å². The van der Waals surface area contributed by atoms with Gasteiger partial charge < -0.3 is 0 Å². The third-order valence-electron chi connectivity index (χ3n) is 2.49. The van der Waals surface area contributed by atoms with Crippen LogP contribution >= 0.6 is 23.1 Å². The molecule has 0 bridgehead atoms. The van der Waals surface area contributed by atoms with Crippen molar-refractivity contribution in [2.75, 3.05) is 6.54 Å². The van der Waals surface area contributed by atoms with Gasteiger partial charge in [-0.15, -0.1) is 5.10 Å². The summed E-state index contributed by atoms with van der Waals surface area (Å²) in [5.74, 6) is 0. The van der Waals surface area contributed by atoms with E-state index >= 15 is 0 Å². The van der Waals surface area contributed by atoms with E-state index in [4.69, 9.17) is 11.6 Å². The molecule has 0 aliphatic rings. The Morgan fingerprint density at radius 2 is 2.06 bits per heavy atom. The SMILES string of the molecule is CCN(Cc1ccncc1)Cc1nnsc1Cl. The summed E-state index contributed by atoms with van der Waals surface area (Å²) in [5.41, 5.74) is 2.09. The van der Waals surface area contributed by atoms with E-state index in [2.05, 4.69) is 26.4 Å². The minimum absolute atomic E-state index is 0.679. The van der Waals surface area contributed by atoms with Crippen LogP contribution in [0.25, 0.3) is 0 Å². The van der Waals surface area contributed by atoms with E-state index in [9.17, 15) is 0 Å². The van der Waals surface area contributed by atoms with E-state index in [1.165, 1.54) is 17.1 Å². The summed E-state index contributed by atoms with van der Waals surface area (Å²) in [6.45, 7) is 4.66. The Morgan fingerprint density at radius 1 is 1.29 bits per heavy atom. The minimum Gasteiger partial charge on any atom is -0.293 e. The summed E-state index contributed by atoms with van der Waals surface area (Å²) < 4.78 is 4.52. The summed E-state index contributed by atoms with van der Waals surface area (Å²) in [5, 5.41) is 4.03. The molecule has 0 aromatic carbocycles. The van der Waals surface area contributed by atoms with E-state index in [-0.39, 0.29) is 0 Å². The van der Waals surface area contributed by atoms with Crippen LogP contribution in [0, 0.1) is 0 Å². The molecule has 0 unspecified atom stereocenters. The van der Waals surface area contributed by atoms with Gasteiger partial charge in [0.25, 0.3) is 0 Å². The molecule has 0 saturated heterocycles. The maximum Gasteiger partial charge on any atom is 0.138 e. The lowest BCUT2D eigenvalue weighted by molar-refractivity contribution is 0.268. The van der Waals surface area contributed by atoms with Crippen LogP contribution in [-0.4, -0.2) is 26.0 Å². The fraction of sp³-hybridized carbons (Fsp3) is 0.364. The lowest BCUT2D eigenvalue weighted by Gasteiger charge is -2.19. The van der Waals surface area contributed by atoms with Crippen molar-refractivity contribution in [3.63, 3.8) is 0 Å². The third kappa shape index (κ3) is 3.46. The molecule has 0 amide bonds. The van der Waals surface area contributed by atoms with E-state index < -0.39 is 0 Å². The molecule has 0 radical (unpaired) electrons. The standard InChI is InChI=1S/C11H13ClN4S/c1-2-16(7-9-3-5-13-6-4-9)8-10-11(12)17-15-14-10/h3-6H,2,7-8H2,1H3. The highest BCUT2D eigenvalue weighted by atomic mass is 35.5. The van der Waals surface area contributed by atoms with Crippen molar-refractivity contribution < 1.29 is 0 Å². The van der Waals surface area contributed by atoms with Crippen LogP contribution in [0.15, 0.2) is 24.5 Å². The Hall–Kier alpha value is -1.04. The fourth-order valence-electron chi connectivity index (χ4n) is 1.53. The highest BCUT2D eigenvalue weighted by Gasteiger charge is 2.10. The van der Waals surface area contributed by atoms with Gasteiger partial charge in [-0.1, -0.05) is 23.0 Å². The monoisotopic (exact) mass is 268 g/mol. The minimum atomic E-state index is 0.679. The highest BCUT2D eigenvalue weighted by Crippen LogP contribution is 2.19. The van der Waals surface area contributed by atoms with Crippen molar-refractivity contribution in [1.82, 2.24) is 19.5 Å². The van der Waals surface area contributed by atoms with Gasteiger partial charge in [0.1, 0.15) is 10.0 Å². The third-order valence-corrected chi connectivity index (χ3v) is 3.47. The summed E-state index contributed by atoms with van der Waals surface area (Å²) >= 11 is 7.23. The lowest BCUT2D eigenvalue weighted by Crippen LogP contribution is -2.22. The zero-order valence-electron chi connectivity index (χ0n) is 9.51. The number of halogens is 1. The summed E-state index contributed by atoms with van der Waals surface area (Å²) in [6.07, 6.45) is 3.61. The first-order chi connectivity index (χ1) is 8.29. The molecular formula is C11H13ClN4S. The van der Waals surface area contributed by atoms with Crippen molar-refractivity contribution in [2.24, 2.45) is 0 Å². The maximum atomic E-state index is 6.00. The van der Waals surface area contributed by atoms with Crippen molar-refractivity contribution in [3.05, 3.63) is 40.1 Å². The van der Waals surface area contributed by atoms with Crippen molar-refractivity contribution >= 4 is 23.1 Å². The van der Waals surface area contributed by atoms with Crippen LogP contribution in [0.3, 0.4) is 0 Å². The van der Waals surface area contributed by atoms with Crippen LogP contribution in [0.1, 0.15) is 18.2 Å². The quantitative estimate of drug-likeness (QED) is 0.836. The van der Waals surface area contributed by atoms with Crippen molar-refractivity contribution in [2.45, 2.75) is 20.0 Å². The van der Waals surface area contributed by atoms with Crippen LogP contribution < -0.4 is 0 Å². The first-order valence-corrected chi connectivity index (χ1v) is 6.52. The molecule has 17 heavy (non-hydrogen) atoms. The predicted octanol–water partition coefficient (Wildman–Crippen LogP) is 2.61. The van der Waals surface area contributed by atoms with Gasteiger partial charge in [0.2, 0.25) is 0 Å². The maximum absolute atomic E-state index is 6.00. The number of hydrogen-bond acceptors (Lipinski definition) is 5. The average molecular weight is 269 g/mol. The first-order valence-electron chi connectivity index (χ1n) is 5.37. The molecule has 0 aliphatic carbocycles. The van der Waals surface area contributed by atoms with Gasteiger partial charge in [0.15, 0.2) is 0 Å². The van der Waals surface area contributed by atoms with Crippen LogP contribution in [-0.2, 0) is 13.1 Å².